The molecule has 2 heterocycles. The summed E-state index contributed by atoms with van der Waals surface area (Å²) in [6, 6.07) is 0.135. The first kappa shape index (κ1) is 9.21. The summed E-state index contributed by atoms with van der Waals surface area (Å²) in [5, 5.41) is 6.56. The van der Waals surface area contributed by atoms with Gasteiger partial charge in [-0.15, -0.1) is 0 Å². The largest absolute Gasteiger partial charge is 0.377 e. The third-order valence-corrected chi connectivity index (χ3v) is 2.23. The number of aromatic nitrogens is 1. The zero-order valence-corrected chi connectivity index (χ0v) is 8.16. The van der Waals surface area contributed by atoms with Crippen molar-refractivity contribution in [2.24, 2.45) is 0 Å². The molecule has 0 bridgehead atoms. The third kappa shape index (κ3) is 1.50. The lowest BCUT2D eigenvalue weighted by Gasteiger charge is -2.26. The van der Waals surface area contributed by atoms with E-state index < -0.39 is 0 Å². The van der Waals surface area contributed by atoms with E-state index in [1.807, 2.05) is 0 Å². The fourth-order valence-electron chi connectivity index (χ4n) is 1.38. The standard InChI is InChI=1S/C9H12N2O3/c1-5-8(6(2)14-11-5)9(12)10-7-3-13-4-7/h7H,3-4H2,1-2H3,(H,10,12). The first-order chi connectivity index (χ1) is 6.68. The van der Waals surface area contributed by atoms with Crippen LogP contribution in [0, 0.1) is 13.8 Å². The molecule has 1 saturated heterocycles. The molecule has 1 aliphatic rings. The Labute approximate surface area is 81.4 Å². The van der Waals surface area contributed by atoms with Crippen molar-refractivity contribution < 1.29 is 14.1 Å². The van der Waals surface area contributed by atoms with Crippen molar-refractivity contribution in [3.05, 3.63) is 17.0 Å². The van der Waals surface area contributed by atoms with Gasteiger partial charge in [0.25, 0.3) is 5.91 Å². The summed E-state index contributed by atoms with van der Waals surface area (Å²) in [7, 11) is 0. The van der Waals surface area contributed by atoms with E-state index in [1.54, 1.807) is 13.8 Å². The van der Waals surface area contributed by atoms with Gasteiger partial charge < -0.3 is 14.6 Å². The molecule has 0 aromatic carbocycles. The van der Waals surface area contributed by atoms with Crippen LogP contribution in [0.25, 0.3) is 0 Å². The van der Waals surface area contributed by atoms with Crippen molar-refractivity contribution >= 4 is 5.91 Å². The first-order valence-corrected chi connectivity index (χ1v) is 4.50. The van der Waals surface area contributed by atoms with E-state index in [2.05, 4.69) is 10.5 Å². The van der Waals surface area contributed by atoms with Gasteiger partial charge in [-0.3, -0.25) is 4.79 Å². The van der Waals surface area contributed by atoms with Crippen LogP contribution in [0.15, 0.2) is 4.52 Å². The van der Waals surface area contributed by atoms with E-state index in [4.69, 9.17) is 9.26 Å². The van der Waals surface area contributed by atoms with Crippen molar-refractivity contribution in [3.8, 4) is 0 Å². The second-order valence-corrected chi connectivity index (χ2v) is 3.41. The Morgan fingerprint density at radius 3 is 2.64 bits per heavy atom. The molecular formula is C9H12N2O3. The van der Waals surface area contributed by atoms with Crippen molar-refractivity contribution in [2.75, 3.05) is 13.2 Å². The minimum atomic E-state index is -0.130. The minimum absolute atomic E-state index is 0.130. The highest BCUT2D eigenvalue weighted by Gasteiger charge is 2.24. The minimum Gasteiger partial charge on any atom is -0.377 e. The molecule has 14 heavy (non-hydrogen) atoms. The predicted octanol–water partition coefficient (Wildman–Crippen LogP) is 0.420. The molecule has 1 aromatic rings. The van der Waals surface area contributed by atoms with Crippen molar-refractivity contribution in [3.63, 3.8) is 0 Å². The van der Waals surface area contributed by atoms with Gasteiger partial charge in [-0.1, -0.05) is 5.16 Å². The van der Waals surface area contributed by atoms with Crippen LogP contribution in [-0.4, -0.2) is 30.3 Å². The number of rotatable bonds is 2. The van der Waals surface area contributed by atoms with Crippen LogP contribution < -0.4 is 5.32 Å². The number of ether oxygens (including phenoxy) is 1. The number of carbonyl (C=O) groups is 1. The topological polar surface area (TPSA) is 64.4 Å². The zero-order chi connectivity index (χ0) is 10.1. The van der Waals surface area contributed by atoms with Crippen molar-refractivity contribution in [2.45, 2.75) is 19.9 Å². The summed E-state index contributed by atoms with van der Waals surface area (Å²) < 4.78 is 9.87. The average Bonchev–Trinajstić information content (AvgIpc) is 2.39. The van der Waals surface area contributed by atoms with Gasteiger partial charge in [0.2, 0.25) is 0 Å². The van der Waals surface area contributed by atoms with Gasteiger partial charge in [0.15, 0.2) is 0 Å². The summed E-state index contributed by atoms with van der Waals surface area (Å²) >= 11 is 0. The normalized spacial score (nSPS) is 16.4. The fourth-order valence-corrected chi connectivity index (χ4v) is 1.38. The van der Waals surface area contributed by atoms with E-state index in [0.717, 1.165) is 0 Å². The van der Waals surface area contributed by atoms with Gasteiger partial charge in [0.1, 0.15) is 11.3 Å². The van der Waals surface area contributed by atoms with Crippen LogP contribution in [-0.2, 0) is 4.74 Å². The molecule has 0 spiro atoms. The number of carbonyl (C=O) groups excluding carboxylic acids is 1. The molecule has 0 aliphatic carbocycles. The van der Waals surface area contributed by atoms with Gasteiger partial charge in [-0.2, -0.15) is 0 Å². The molecule has 5 nitrogen and oxygen atoms in total. The quantitative estimate of drug-likeness (QED) is 0.744. The predicted molar refractivity (Wildman–Crippen MR) is 48.1 cm³/mol. The van der Waals surface area contributed by atoms with E-state index in [-0.39, 0.29) is 11.9 Å². The van der Waals surface area contributed by atoms with Gasteiger partial charge in [0.05, 0.1) is 24.9 Å². The molecule has 0 unspecified atom stereocenters. The highest BCUT2D eigenvalue weighted by molar-refractivity contribution is 5.96. The molecule has 1 N–H and O–H groups in total. The summed E-state index contributed by atoms with van der Waals surface area (Å²) in [5.41, 5.74) is 1.16. The summed E-state index contributed by atoms with van der Waals surface area (Å²) in [6.45, 7) is 4.67. The number of nitrogens with zero attached hydrogens (tertiary/aromatic N) is 1. The molecule has 0 saturated carbocycles. The Bertz CT molecular complexity index is 335. The van der Waals surface area contributed by atoms with E-state index in [9.17, 15) is 4.79 Å². The lowest BCUT2D eigenvalue weighted by molar-refractivity contribution is -0.00349. The van der Waals surface area contributed by atoms with Crippen LogP contribution in [0.4, 0.5) is 0 Å². The zero-order valence-electron chi connectivity index (χ0n) is 8.16. The molecule has 1 amide bonds. The number of amides is 1. The van der Waals surface area contributed by atoms with Crippen LogP contribution in [0.5, 0.6) is 0 Å². The van der Waals surface area contributed by atoms with Crippen LogP contribution in [0.1, 0.15) is 21.8 Å². The Balaban J connectivity index is 2.09. The maximum absolute atomic E-state index is 11.7. The van der Waals surface area contributed by atoms with Crippen molar-refractivity contribution in [1.82, 2.24) is 10.5 Å². The molecular weight excluding hydrogens is 184 g/mol. The van der Waals surface area contributed by atoms with Gasteiger partial charge in [-0.25, -0.2) is 0 Å². The van der Waals surface area contributed by atoms with Crippen LogP contribution >= 0.6 is 0 Å². The maximum atomic E-state index is 11.7. The molecule has 1 aromatic heterocycles. The monoisotopic (exact) mass is 196 g/mol. The van der Waals surface area contributed by atoms with E-state index in [1.165, 1.54) is 0 Å². The lowest BCUT2D eigenvalue weighted by atomic mass is 10.1. The highest BCUT2D eigenvalue weighted by Crippen LogP contribution is 2.12. The smallest absolute Gasteiger partial charge is 0.257 e. The molecule has 1 fully saturated rings. The molecule has 76 valence electrons. The Kier molecular flexibility index (Phi) is 2.25. The Morgan fingerprint density at radius 2 is 2.21 bits per heavy atom. The number of aryl methyl sites for hydroxylation is 2. The third-order valence-electron chi connectivity index (χ3n) is 2.23. The molecule has 1 aliphatic heterocycles. The first-order valence-electron chi connectivity index (χ1n) is 4.50. The number of hydrogen-bond donors (Lipinski definition) is 1. The molecule has 0 radical (unpaired) electrons. The van der Waals surface area contributed by atoms with E-state index >= 15 is 0 Å². The number of nitrogens with one attached hydrogen (secondary N) is 1. The lowest BCUT2D eigenvalue weighted by Crippen LogP contribution is -2.48. The SMILES string of the molecule is Cc1noc(C)c1C(=O)NC1COC1. The van der Waals surface area contributed by atoms with Gasteiger partial charge in [-0.05, 0) is 13.8 Å². The van der Waals surface area contributed by atoms with Crippen molar-refractivity contribution in [1.29, 1.82) is 0 Å². The van der Waals surface area contributed by atoms with Crippen LogP contribution in [0.2, 0.25) is 0 Å². The van der Waals surface area contributed by atoms with Gasteiger partial charge in [0, 0.05) is 0 Å². The Hall–Kier alpha value is -1.36. The summed E-state index contributed by atoms with van der Waals surface area (Å²) in [6.07, 6.45) is 0. The maximum Gasteiger partial charge on any atom is 0.257 e. The number of hydrogen-bond acceptors (Lipinski definition) is 4. The highest BCUT2D eigenvalue weighted by atomic mass is 16.5. The van der Waals surface area contributed by atoms with E-state index in [0.29, 0.717) is 30.2 Å². The molecule has 5 heteroatoms. The Morgan fingerprint density at radius 1 is 1.50 bits per heavy atom. The van der Waals surface area contributed by atoms with Crippen LogP contribution in [0.3, 0.4) is 0 Å². The molecule has 2 rings (SSSR count). The average molecular weight is 196 g/mol. The second kappa shape index (κ2) is 3.42. The summed E-state index contributed by atoms with van der Waals surface area (Å²) in [5.74, 6) is 0.426. The fraction of sp³-hybridized carbons (Fsp3) is 0.556. The van der Waals surface area contributed by atoms with Gasteiger partial charge >= 0.3 is 0 Å². The molecule has 0 atom stereocenters. The second-order valence-electron chi connectivity index (χ2n) is 3.41. The summed E-state index contributed by atoms with van der Waals surface area (Å²) in [4.78, 5) is 11.7.